The first kappa shape index (κ1) is 15.7. The summed E-state index contributed by atoms with van der Waals surface area (Å²) in [6.07, 6.45) is 1.02. The lowest BCUT2D eigenvalue weighted by atomic mass is 10.1. The first-order valence-electron chi connectivity index (χ1n) is 6.50. The molecule has 0 aliphatic carbocycles. The van der Waals surface area contributed by atoms with Crippen molar-refractivity contribution in [3.05, 3.63) is 29.8 Å². The van der Waals surface area contributed by atoms with Crippen molar-refractivity contribution in [2.75, 3.05) is 11.9 Å². The van der Waals surface area contributed by atoms with Crippen molar-refractivity contribution in [3.63, 3.8) is 0 Å². The fourth-order valence-corrected chi connectivity index (χ4v) is 1.60. The Bertz CT molecular complexity index is 500. The minimum Gasteiger partial charge on any atom is -0.366 e. The van der Waals surface area contributed by atoms with E-state index in [1.165, 1.54) is 6.07 Å². The van der Waals surface area contributed by atoms with Gasteiger partial charge in [0.05, 0.1) is 11.3 Å². The zero-order valence-corrected chi connectivity index (χ0v) is 11.4. The Morgan fingerprint density at radius 2 is 1.75 bits per heavy atom. The highest BCUT2D eigenvalue weighted by Gasteiger charge is 2.11. The van der Waals surface area contributed by atoms with Crippen LogP contribution in [0.25, 0.3) is 0 Å². The van der Waals surface area contributed by atoms with Gasteiger partial charge in [-0.05, 0) is 18.6 Å². The lowest BCUT2D eigenvalue weighted by Crippen LogP contribution is -2.25. The summed E-state index contributed by atoms with van der Waals surface area (Å²) >= 11 is 0. The predicted molar refractivity (Wildman–Crippen MR) is 76.1 cm³/mol. The van der Waals surface area contributed by atoms with Gasteiger partial charge in [0.1, 0.15) is 0 Å². The summed E-state index contributed by atoms with van der Waals surface area (Å²) in [4.78, 5) is 34.3. The molecule has 0 heterocycles. The van der Waals surface area contributed by atoms with Gasteiger partial charge in [-0.15, -0.1) is 0 Å². The van der Waals surface area contributed by atoms with E-state index in [2.05, 4.69) is 10.6 Å². The number of anilines is 1. The Morgan fingerprint density at radius 3 is 2.40 bits per heavy atom. The maximum Gasteiger partial charge on any atom is 0.250 e. The van der Waals surface area contributed by atoms with Gasteiger partial charge < -0.3 is 16.4 Å². The molecular weight excluding hydrogens is 258 g/mol. The van der Waals surface area contributed by atoms with Crippen LogP contribution in [0.4, 0.5) is 5.69 Å². The van der Waals surface area contributed by atoms with E-state index in [1.54, 1.807) is 18.2 Å². The van der Waals surface area contributed by atoms with Crippen molar-refractivity contribution in [1.29, 1.82) is 0 Å². The van der Waals surface area contributed by atoms with Gasteiger partial charge in [0.2, 0.25) is 11.8 Å². The topological polar surface area (TPSA) is 101 Å². The van der Waals surface area contributed by atoms with E-state index in [4.69, 9.17) is 5.73 Å². The van der Waals surface area contributed by atoms with E-state index >= 15 is 0 Å². The molecule has 1 aromatic rings. The van der Waals surface area contributed by atoms with E-state index in [-0.39, 0.29) is 30.2 Å². The monoisotopic (exact) mass is 277 g/mol. The van der Waals surface area contributed by atoms with Crippen LogP contribution >= 0.6 is 0 Å². The second-order valence-electron chi connectivity index (χ2n) is 4.31. The van der Waals surface area contributed by atoms with Crippen molar-refractivity contribution in [3.8, 4) is 0 Å². The molecular formula is C14H19N3O3. The Balaban J connectivity index is 2.51. The smallest absolute Gasteiger partial charge is 0.250 e. The molecule has 0 aliphatic heterocycles. The van der Waals surface area contributed by atoms with Gasteiger partial charge in [0.15, 0.2) is 0 Å². The number of carbonyl (C=O) groups excluding carboxylic acids is 3. The number of nitrogens with one attached hydrogen (secondary N) is 2. The SMILES string of the molecule is CCCNC(=O)CCC(=O)Nc1ccccc1C(N)=O. The highest BCUT2D eigenvalue weighted by Crippen LogP contribution is 2.14. The number of para-hydroxylation sites is 1. The van der Waals surface area contributed by atoms with Crippen LogP contribution in [-0.4, -0.2) is 24.3 Å². The molecule has 0 bridgehead atoms. The Labute approximate surface area is 117 Å². The first-order valence-corrected chi connectivity index (χ1v) is 6.50. The van der Waals surface area contributed by atoms with Gasteiger partial charge in [-0.3, -0.25) is 14.4 Å². The number of rotatable bonds is 7. The number of amides is 3. The zero-order valence-electron chi connectivity index (χ0n) is 11.4. The molecule has 0 unspecified atom stereocenters. The molecule has 4 N–H and O–H groups in total. The van der Waals surface area contributed by atoms with Crippen LogP contribution < -0.4 is 16.4 Å². The molecule has 20 heavy (non-hydrogen) atoms. The highest BCUT2D eigenvalue weighted by atomic mass is 16.2. The largest absolute Gasteiger partial charge is 0.366 e. The highest BCUT2D eigenvalue weighted by molar-refractivity contribution is 6.03. The second-order valence-corrected chi connectivity index (χ2v) is 4.31. The molecule has 6 nitrogen and oxygen atoms in total. The van der Waals surface area contributed by atoms with Crippen LogP contribution in [-0.2, 0) is 9.59 Å². The Kier molecular flexibility index (Phi) is 6.22. The third-order valence-corrected chi connectivity index (χ3v) is 2.62. The summed E-state index contributed by atoms with van der Waals surface area (Å²) in [7, 11) is 0. The van der Waals surface area contributed by atoms with E-state index < -0.39 is 5.91 Å². The number of benzene rings is 1. The average molecular weight is 277 g/mol. The number of hydrogen-bond acceptors (Lipinski definition) is 3. The van der Waals surface area contributed by atoms with Gasteiger partial charge in [-0.2, -0.15) is 0 Å². The van der Waals surface area contributed by atoms with Crippen LogP contribution in [0.15, 0.2) is 24.3 Å². The molecule has 108 valence electrons. The van der Waals surface area contributed by atoms with Crippen LogP contribution in [0.3, 0.4) is 0 Å². The van der Waals surface area contributed by atoms with Crippen molar-refractivity contribution in [2.24, 2.45) is 5.73 Å². The molecule has 0 saturated heterocycles. The number of hydrogen-bond donors (Lipinski definition) is 3. The lowest BCUT2D eigenvalue weighted by Gasteiger charge is -2.08. The molecule has 6 heteroatoms. The number of primary amides is 1. The standard InChI is InChI=1S/C14H19N3O3/c1-2-9-16-12(18)7-8-13(19)17-11-6-4-3-5-10(11)14(15)20/h3-6H,2,7-9H2,1H3,(H2,15,20)(H,16,18)(H,17,19). The molecule has 0 radical (unpaired) electrons. The summed E-state index contributed by atoms with van der Waals surface area (Å²) in [6, 6.07) is 6.48. The predicted octanol–water partition coefficient (Wildman–Crippen LogP) is 1.03. The van der Waals surface area contributed by atoms with Crippen LogP contribution in [0, 0.1) is 0 Å². The number of nitrogens with two attached hydrogens (primary N) is 1. The van der Waals surface area contributed by atoms with Gasteiger partial charge in [-0.1, -0.05) is 19.1 Å². The summed E-state index contributed by atoms with van der Waals surface area (Å²) in [5.74, 6) is -1.10. The molecule has 0 atom stereocenters. The lowest BCUT2D eigenvalue weighted by molar-refractivity contribution is -0.124. The first-order chi connectivity index (χ1) is 9.54. The van der Waals surface area contributed by atoms with Crippen molar-refractivity contribution >= 4 is 23.4 Å². The van der Waals surface area contributed by atoms with E-state index in [9.17, 15) is 14.4 Å². The third-order valence-electron chi connectivity index (χ3n) is 2.62. The fourth-order valence-electron chi connectivity index (χ4n) is 1.60. The average Bonchev–Trinajstić information content (AvgIpc) is 2.43. The molecule has 0 saturated carbocycles. The molecule has 0 spiro atoms. The van der Waals surface area contributed by atoms with E-state index in [0.29, 0.717) is 12.2 Å². The van der Waals surface area contributed by atoms with Crippen molar-refractivity contribution in [2.45, 2.75) is 26.2 Å². The zero-order chi connectivity index (χ0) is 15.0. The summed E-state index contributed by atoms with van der Waals surface area (Å²) in [5.41, 5.74) is 5.82. The van der Waals surface area contributed by atoms with Crippen LogP contribution in [0.5, 0.6) is 0 Å². The van der Waals surface area contributed by atoms with Crippen molar-refractivity contribution in [1.82, 2.24) is 5.32 Å². The van der Waals surface area contributed by atoms with Gasteiger partial charge in [0, 0.05) is 19.4 Å². The molecule has 1 rings (SSSR count). The summed E-state index contributed by atoms with van der Waals surface area (Å²) in [5, 5.41) is 5.27. The molecule has 1 aromatic carbocycles. The van der Waals surface area contributed by atoms with Gasteiger partial charge in [0.25, 0.3) is 5.91 Å². The molecule has 0 fully saturated rings. The maximum atomic E-state index is 11.7. The number of carbonyl (C=O) groups is 3. The van der Waals surface area contributed by atoms with Crippen LogP contribution in [0.1, 0.15) is 36.5 Å². The Hall–Kier alpha value is -2.37. The maximum absolute atomic E-state index is 11.7. The minimum absolute atomic E-state index is 0.0582. The van der Waals surface area contributed by atoms with Gasteiger partial charge in [-0.25, -0.2) is 0 Å². The minimum atomic E-state index is -0.610. The second kappa shape index (κ2) is 7.93. The Morgan fingerprint density at radius 1 is 1.10 bits per heavy atom. The summed E-state index contributed by atoms with van der Waals surface area (Å²) in [6.45, 7) is 2.55. The quantitative estimate of drug-likeness (QED) is 0.693. The normalized spacial score (nSPS) is 9.85. The van der Waals surface area contributed by atoms with E-state index in [0.717, 1.165) is 6.42 Å². The van der Waals surface area contributed by atoms with E-state index in [1.807, 2.05) is 6.92 Å². The third kappa shape index (κ3) is 5.09. The summed E-state index contributed by atoms with van der Waals surface area (Å²) < 4.78 is 0. The molecule has 0 aliphatic rings. The fraction of sp³-hybridized carbons (Fsp3) is 0.357. The molecule has 3 amide bonds. The van der Waals surface area contributed by atoms with Gasteiger partial charge >= 0.3 is 0 Å². The van der Waals surface area contributed by atoms with Crippen LogP contribution in [0.2, 0.25) is 0 Å². The molecule has 0 aromatic heterocycles. The van der Waals surface area contributed by atoms with Crippen molar-refractivity contribution < 1.29 is 14.4 Å².